The van der Waals surface area contributed by atoms with E-state index < -0.39 is 0 Å². The molecule has 2 aromatic heterocycles. The van der Waals surface area contributed by atoms with E-state index in [0.29, 0.717) is 6.04 Å². The summed E-state index contributed by atoms with van der Waals surface area (Å²) in [6.45, 7) is 3.11. The molecule has 2 nitrogen and oxygen atoms in total. The molecule has 1 unspecified atom stereocenters. The third-order valence-corrected chi connectivity index (χ3v) is 4.63. The van der Waals surface area contributed by atoms with Crippen molar-refractivity contribution >= 4 is 38.6 Å². The van der Waals surface area contributed by atoms with Gasteiger partial charge in [0.15, 0.2) is 0 Å². The summed E-state index contributed by atoms with van der Waals surface area (Å²) in [5, 5.41) is 8.92. The Bertz CT molecular complexity index is 425. The lowest BCUT2D eigenvalue weighted by Gasteiger charge is -2.15. The zero-order chi connectivity index (χ0) is 11.4. The van der Waals surface area contributed by atoms with Crippen molar-refractivity contribution in [2.75, 3.05) is 6.54 Å². The third kappa shape index (κ3) is 3.13. The van der Waals surface area contributed by atoms with Crippen LogP contribution in [0.3, 0.4) is 0 Å². The summed E-state index contributed by atoms with van der Waals surface area (Å²) in [5.74, 6) is 0. The Labute approximate surface area is 112 Å². The van der Waals surface area contributed by atoms with Crippen molar-refractivity contribution in [2.24, 2.45) is 0 Å². The van der Waals surface area contributed by atoms with Gasteiger partial charge in [0.1, 0.15) is 0 Å². The van der Waals surface area contributed by atoms with E-state index in [4.69, 9.17) is 0 Å². The third-order valence-electron chi connectivity index (χ3n) is 2.30. The molecule has 0 bridgehead atoms. The number of likely N-dealkylation sites (N-methyl/N-ethyl adjacent to an activating group) is 1. The van der Waals surface area contributed by atoms with Gasteiger partial charge in [-0.1, -0.05) is 6.92 Å². The molecule has 0 fully saturated rings. The Kier molecular flexibility index (Phi) is 4.52. The predicted molar refractivity (Wildman–Crippen MR) is 74.3 cm³/mol. The average Bonchev–Trinajstić information content (AvgIpc) is 2.88. The first-order chi connectivity index (χ1) is 7.79. The molecule has 0 aromatic carbocycles. The Morgan fingerprint density at radius 3 is 2.94 bits per heavy atom. The van der Waals surface area contributed by atoms with Gasteiger partial charge in [0.25, 0.3) is 0 Å². The van der Waals surface area contributed by atoms with Crippen LogP contribution in [0.5, 0.6) is 0 Å². The number of halogens is 1. The number of hydrogen-bond donors (Lipinski definition) is 1. The lowest BCUT2D eigenvalue weighted by atomic mass is 10.1. The van der Waals surface area contributed by atoms with Crippen LogP contribution in [0.2, 0.25) is 0 Å². The van der Waals surface area contributed by atoms with Crippen molar-refractivity contribution in [3.8, 4) is 0 Å². The van der Waals surface area contributed by atoms with E-state index in [1.807, 2.05) is 11.6 Å². The zero-order valence-electron chi connectivity index (χ0n) is 8.94. The molecular weight excluding hydrogens is 304 g/mol. The van der Waals surface area contributed by atoms with Gasteiger partial charge in [-0.25, -0.2) is 4.98 Å². The van der Waals surface area contributed by atoms with Gasteiger partial charge in [0.05, 0.1) is 8.79 Å². The fourth-order valence-corrected chi connectivity index (χ4v) is 3.48. The molecule has 0 aliphatic carbocycles. The molecule has 0 radical (unpaired) electrons. The fourth-order valence-electron chi connectivity index (χ4n) is 1.59. The van der Waals surface area contributed by atoms with Crippen molar-refractivity contribution in [2.45, 2.75) is 19.4 Å². The summed E-state index contributed by atoms with van der Waals surface area (Å²) in [5.41, 5.74) is 1.34. The summed E-state index contributed by atoms with van der Waals surface area (Å²) in [7, 11) is 0. The van der Waals surface area contributed by atoms with Crippen LogP contribution in [-0.2, 0) is 6.42 Å². The number of thiazole rings is 1. The second-order valence-electron chi connectivity index (χ2n) is 3.42. The van der Waals surface area contributed by atoms with Crippen LogP contribution >= 0.6 is 38.6 Å². The Hall–Kier alpha value is -0.230. The molecule has 0 aliphatic rings. The lowest BCUT2D eigenvalue weighted by Crippen LogP contribution is -2.22. The van der Waals surface area contributed by atoms with Crippen molar-refractivity contribution in [3.05, 3.63) is 37.4 Å². The van der Waals surface area contributed by atoms with Gasteiger partial charge in [-0.3, -0.25) is 0 Å². The number of hydrogen-bond acceptors (Lipinski definition) is 4. The minimum atomic E-state index is 0.374. The van der Waals surface area contributed by atoms with E-state index >= 15 is 0 Å². The quantitative estimate of drug-likeness (QED) is 0.906. The molecule has 0 aliphatic heterocycles. The summed E-state index contributed by atoms with van der Waals surface area (Å²) in [4.78, 5) is 4.34. The molecule has 2 heterocycles. The number of nitrogens with zero attached hydrogens (tertiary/aromatic N) is 1. The van der Waals surface area contributed by atoms with Gasteiger partial charge in [0.2, 0.25) is 0 Å². The summed E-state index contributed by atoms with van der Waals surface area (Å²) >= 11 is 6.96. The van der Waals surface area contributed by atoms with Gasteiger partial charge in [-0.2, -0.15) is 0 Å². The van der Waals surface area contributed by atoms with Crippen molar-refractivity contribution in [3.63, 3.8) is 0 Å². The van der Waals surface area contributed by atoms with Crippen LogP contribution < -0.4 is 5.32 Å². The highest BCUT2D eigenvalue weighted by Crippen LogP contribution is 2.27. The van der Waals surface area contributed by atoms with Crippen LogP contribution in [0.15, 0.2) is 26.8 Å². The molecule has 0 amide bonds. The first-order valence-electron chi connectivity index (χ1n) is 5.15. The highest BCUT2D eigenvalue weighted by atomic mass is 79.9. The largest absolute Gasteiger partial charge is 0.310 e. The summed E-state index contributed by atoms with van der Waals surface area (Å²) in [6, 6.07) is 2.56. The Morgan fingerprint density at radius 1 is 1.50 bits per heavy atom. The number of rotatable bonds is 5. The first kappa shape index (κ1) is 12.2. The minimum Gasteiger partial charge on any atom is -0.310 e. The van der Waals surface area contributed by atoms with Crippen LogP contribution in [0.1, 0.15) is 23.5 Å². The monoisotopic (exact) mass is 316 g/mol. The van der Waals surface area contributed by atoms with Gasteiger partial charge in [0, 0.05) is 24.0 Å². The Balaban J connectivity index is 2.11. The molecule has 0 saturated carbocycles. The van der Waals surface area contributed by atoms with Gasteiger partial charge in [-0.15, -0.1) is 22.7 Å². The van der Waals surface area contributed by atoms with Crippen molar-refractivity contribution < 1.29 is 0 Å². The van der Waals surface area contributed by atoms with E-state index in [0.717, 1.165) is 13.0 Å². The van der Waals surface area contributed by atoms with Gasteiger partial charge in [-0.05, 0) is 39.5 Å². The fraction of sp³-hybridized carbons (Fsp3) is 0.364. The highest BCUT2D eigenvalue weighted by molar-refractivity contribution is 9.11. The SMILES string of the molecule is CCNC(Cc1nccs1)c1csc(Br)c1. The van der Waals surface area contributed by atoms with Gasteiger partial charge < -0.3 is 5.32 Å². The summed E-state index contributed by atoms with van der Waals surface area (Å²) < 4.78 is 1.18. The van der Waals surface area contributed by atoms with Gasteiger partial charge >= 0.3 is 0 Å². The van der Waals surface area contributed by atoms with E-state index in [1.165, 1.54) is 14.4 Å². The summed E-state index contributed by atoms with van der Waals surface area (Å²) in [6.07, 6.45) is 2.83. The van der Waals surface area contributed by atoms with Crippen LogP contribution in [-0.4, -0.2) is 11.5 Å². The molecule has 16 heavy (non-hydrogen) atoms. The number of aromatic nitrogens is 1. The van der Waals surface area contributed by atoms with E-state index in [1.54, 1.807) is 22.7 Å². The standard InChI is InChI=1S/C11H13BrN2S2/c1-2-13-9(6-11-14-3-4-15-11)8-5-10(12)16-7-8/h3-5,7,9,13H,2,6H2,1H3. The van der Waals surface area contributed by atoms with Crippen molar-refractivity contribution in [1.29, 1.82) is 0 Å². The smallest absolute Gasteiger partial charge is 0.0943 e. The Morgan fingerprint density at radius 2 is 2.38 bits per heavy atom. The lowest BCUT2D eigenvalue weighted by molar-refractivity contribution is 0.550. The molecule has 2 rings (SSSR count). The molecule has 0 spiro atoms. The van der Waals surface area contributed by atoms with Crippen LogP contribution in [0.4, 0.5) is 0 Å². The first-order valence-corrected chi connectivity index (χ1v) is 7.70. The molecule has 5 heteroatoms. The second-order valence-corrected chi connectivity index (χ2v) is 6.69. The van der Waals surface area contributed by atoms with E-state index in [9.17, 15) is 0 Å². The topological polar surface area (TPSA) is 24.9 Å². The van der Waals surface area contributed by atoms with Crippen LogP contribution in [0, 0.1) is 0 Å². The maximum Gasteiger partial charge on any atom is 0.0943 e. The van der Waals surface area contributed by atoms with E-state index in [2.05, 4.69) is 44.6 Å². The van der Waals surface area contributed by atoms with Crippen molar-refractivity contribution in [1.82, 2.24) is 10.3 Å². The number of nitrogens with one attached hydrogen (secondary N) is 1. The second kappa shape index (κ2) is 5.91. The molecule has 2 aromatic rings. The molecular formula is C11H13BrN2S2. The zero-order valence-corrected chi connectivity index (χ0v) is 12.2. The number of thiophene rings is 1. The predicted octanol–water partition coefficient (Wildman–Crippen LogP) is 3.86. The van der Waals surface area contributed by atoms with Crippen LogP contribution in [0.25, 0.3) is 0 Å². The maximum absolute atomic E-state index is 4.34. The molecule has 0 saturated heterocycles. The highest BCUT2D eigenvalue weighted by Gasteiger charge is 2.13. The molecule has 86 valence electrons. The van der Waals surface area contributed by atoms with E-state index in [-0.39, 0.29) is 0 Å². The maximum atomic E-state index is 4.34. The molecule has 1 atom stereocenters. The normalized spacial score (nSPS) is 12.9. The average molecular weight is 317 g/mol. The molecule has 1 N–H and O–H groups in total. The minimum absolute atomic E-state index is 0.374.